The normalized spacial score (nSPS) is 13.5. The highest BCUT2D eigenvalue weighted by atomic mass is 16.2. The number of amides is 2. The highest BCUT2D eigenvalue weighted by Crippen LogP contribution is 2.27. The minimum absolute atomic E-state index is 0.105. The lowest BCUT2D eigenvalue weighted by molar-refractivity contribution is 0.0941. The van der Waals surface area contributed by atoms with Gasteiger partial charge in [-0.05, 0) is 56.4 Å². The zero-order valence-electron chi connectivity index (χ0n) is 15.3. The van der Waals surface area contributed by atoms with Crippen molar-refractivity contribution in [2.45, 2.75) is 39.5 Å². The fraction of sp³-hybridized carbons (Fsp3) is 0.474. The smallest absolute Gasteiger partial charge is 0.273 e. The third-order valence-electron chi connectivity index (χ3n) is 4.42. The van der Waals surface area contributed by atoms with Crippen LogP contribution in [0.5, 0.6) is 0 Å². The van der Waals surface area contributed by atoms with Crippen LogP contribution in [0.1, 0.15) is 59.7 Å². The van der Waals surface area contributed by atoms with Crippen LogP contribution in [0, 0.1) is 5.92 Å². The molecule has 1 aliphatic carbocycles. The van der Waals surface area contributed by atoms with E-state index in [9.17, 15) is 9.59 Å². The van der Waals surface area contributed by atoms with Crippen molar-refractivity contribution in [2.24, 2.45) is 5.92 Å². The topological polar surface area (TPSA) is 88.9 Å². The second-order valence-electron chi connectivity index (χ2n) is 6.61. The first kappa shape index (κ1) is 18.1. The molecular weight excluding hydrogens is 330 g/mol. The maximum atomic E-state index is 12.5. The number of carbonyl (C=O) groups is 2. The molecule has 2 N–H and O–H groups in total. The first-order valence-electron chi connectivity index (χ1n) is 9.25. The van der Waals surface area contributed by atoms with E-state index in [2.05, 4.69) is 27.9 Å². The molecule has 3 rings (SSSR count). The predicted octanol–water partition coefficient (Wildman–Crippen LogP) is 2.11. The summed E-state index contributed by atoms with van der Waals surface area (Å²) in [5.74, 6) is 0.350. The molecule has 1 aromatic carbocycles. The van der Waals surface area contributed by atoms with Crippen molar-refractivity contribution < 1.29 is 9.59 Å². The Morgan fingerprint density at radius 1 is 1.12 bits per heavy atom. The van der Waals surface area contributed by atoms with Gasteiger partial charge in [-0.3, -0.25) is 9.59 Å². The highest BCUT2D eigenvalue weighted by Gasteiger charge is 2.24. The van der Waals surface area contributed by atoms with Crippen LogP contribution in [0.3, 0.4) is 0 Å². The number of benzene rings is 1. The summed E-state index contributed by atoms with van der Waals surface area (Å²) >= 11 is 0. The fourth-order valence-corrected chi connectivity index (χ4v) is 2.81. The lowest BCUT2D eigenvalue weighted by Crippen LogP contribution is -2.27. The largest absolute Gasteiger partial charge is 0.352 e. The Balaban J connectivity index is 1.82. The van der Waals surface area contributed by atoms with Gasteiger partial charge in [-0.2, -0.15) is 0 Å². The molecule has 0 spiro atoms. The molecule has 0 bridgehead atoms. The number of nitrogens with one attached hydrogen (secondary N) is 2. The molecule has 1 fully saturated rings. The molecule has 0 saturated heterocycles. The number of hydrogen-bond donors (Lipinski definition) is 2. The van der Waals surface area contributed by atoms with Gasteiger partial charge in [0.1, 0.15) is 0 Å². The van der Waals surface area contributed by atoms with Gasteiger partial charge in [0, 0.05) is 18.7 Å². The SMILES string of the molecule is CCCc1c(C(=O)NCC2CC2)nnn1-c1ccc(C(=O)NCC)cc1. The average molecular weight is 355 g/mol. The van der Waals surface area contributed by atoms with Crippen molar-refractivity contribution in [3.8, 4) is 5.69 Å². The van der Waals surface area contributed by atoms with Crippen molar-refractivity contribution in [1.29, 1.82) is 0 Å². The molecule has 0 unspecified atom stereocenters. The van der Waals surface area contributed by atoms with Gasteiger partial charge in [-0.1, -0.05) is 18.6 Å². The summed E-state index contributed by atoms with van der Waals surface area (Å²) in [5.41, 5.74) is 2.57. The molecule has 26 heavy (non-hydrogen) atoms. The molecule has 1 saturated carbocycles. The summed E-state index contributed by atoms with van der Waals surface area (Å²) in [6.07, 6.45) is 3.96. The summed E-state index contributed by atoms with van der Waals surface area (Å²) in [5, 5.41) is 14.0. The molecule has 138 valence electrons. The third kappa shape index (κ3) is 4.09. The van der Waals surface area contributed by atoms with Crippen LogP contribution in [0.2, 0.25) is 0 Å². The predicted molar refractivity (Wildman–Crippen MR) is 98.4 cm³/mol. The first-order chi connectivity index (χ1) is 12.6. The Morgan fingerprint density at radius 3 is 2.46 bits per heavy atom. The Hall–Kier alpha value is -2.70. The Labute approximate surface area is 153 Å². The van der Waals surface area contributed by atoms with E-state index < -0.39 is 0 Å². The highest BCUT2D eigenvalue weighted by molar-refractivity contribution is 5.94. The monoisotopic (exact) mass is 355 g/mol. The third-order valence-corrected chi connectivity index (χ3v) is 4.42. The fourth-order valence-electron chi connectivity index (χ4n) is 2.81. The van der Waals surface area contributed by atoms with Crippen molar-refractivity contribution in [1.82, 2.24) is 25.6 Å². The minimum Gasteiger partial charge on any atom is -0.352 e. The lowest BCUT2D eigenvalue weighted by Gasteiger charge is -2.08. The minimum atomic E-state index is -0.162. The summed E-state index contributed by atoms with van der Waals surface area (Å²) in [7, 11) is 0. The van der Waals surface area contributed by atoms with Gasteiger partial charge < -0.3 is 10.6 Å². The van der Waals surface area contributed by atoms with Crippen LogP contribution in [-0.2, 0) is 6.42 Å². The second kappa shape index (κ2) is 8.12. The molecule has 1 heterocycles. The van der Waals surface area contributed by atoms with Crippen molar-refractivity contribution in [2.75, 3.05) is 13.1 Å². The standard InChI is InChI=1S/C19H25N5O2/c1-3-5-16-17(19(26)21-12-13-6-7-13)22-23-24(16)15-10-8-14(9-11-15)18(25)20-4-2/h8-11,13H,3-7,12H2,1-2H3,(H,20,25)(H,21,26). The summed E-state index contributed by atoms with van der Waals surface area (Å²) in [6, 6.07) is 7.16. The van der Waals surface area contributed by atoms with Crippen molar-refractivity contribution in [3.05, 3.63) is 41.2 Å². The van der Waals surface area contributed by atoms with Gasteiger partial charge >= 0.3 is 0 Å². The number of carbonyl (C=O) groups excluding carboxylic acids is 2. The molecule has 7 heteroatoms. The second-order valence-corrected chi connectivity index (χ2v) is 6.61. The van der Waals surface area contributed by atoms with E-state index in [1.54, 1.807) is 16.8 Å². The Kier molecular flexibility index (Phi) is 5.65. The summed E-state index contributed by atoms with van der Waals surface area (Å²) in [6.45, 7) is 5.23. The quantitative estimate of drug-likeness (QED) is 0.759. The van der Waals surface area contributed by atoms with Gasteiger partial charge in [0.15, 0.2) is 5.69 Å². The number of aromatic nitrogens is 3. The van der Waals surface area contributed by atoms with E-state index in [1.165, 1.54) is 12.8 Å². The number of rotatable bonds is 8. The Bertz CT molecular complexity index is 778. The molecule has 7 nitrogen and oxygen atoms in total. The van der Waals surface area contributed by atoms with Crippen molar-refractivity contribution in [3.63, 3.8) is 0 Å². The van der Waals surface area contributed by atoms with Crippen LogP contribution < -0.4 is 10.6 Å². The van der Waals surface area contributed by atoms with E-state index in [0.29, 0.717) is 36.7 Å². The molecule has 1 aliphatic rings. The van der Waals surface area contributed by atoms with E-state index in [0.717, 1.165) is 17.8 Å². The van der Waals surface area contributed by atoms with E-state index in [1.807, 2.05) is 19.1 Å². The molecule has 0 radical (unpaired) electrons. The van der Waals surface area contributed by atoms with Crippen molar-refractivity contribution >= 4 is 11.8 Å². The molecule has 0 atom stereocenters. The number of nitrogens with zero attached hydrogens (tertiary/aromatic N) is 3. The van der Waals surface area contributed by atoms with Crippen LogP contribution in [0.4, 0.5) is 0 Å². The molecule has 2 aromatic rings. The van der Waals surface area contributed by atoms with Gasteiger partial charge in [0.25, 0.3) is 11.8 Å². The summed E-state index contributed by atoms with van der Waals surface area (Å²) < 4.78 is 1.69. The van der Waals surface area contributed by atoms with Gasteiger partial charge in [0.05, 0.1) is 11.4 Å². The van der Waals surface area contributed by atoms with E-state index >= 15 is 0 Å². The van der Waals surface area contributed by atoms with Crippen LogP contribution in [0.25, 0.3) is 5.69 Å². The van der Waals surface area contributed by atoms with Gasteiger partial charge in [-0.25, -0.2) is 4.68 Å². The number of hydrogen-bond acceptors (Lipinski definition) is 4. The Morgan fingerprint density at radius 2 is 1.85 bits per heavy atom. The molecule has 2 amide bonds. The molecular formula is C19H25N5O2. The average Bonchev–Trinajstić information content (AvgIpc) is 3.39. The van der Waals surface area contributed by atoms with Gasteiger partial charge in [0.2, 0.25) is 0 Å². The van der Waals surface area contributed by atoms with E-state index in [-0.39, 0.29) is 11.8 Å². The lowest BCUT2D eigenvalue weighted by atomic mass is 10.1. The molecule has 0 aliphatic heterocycles. The van der Waals surface area contributed by atoms with Crippen LogP contribution in [0.15, 0.2) is 24.3 Å². The summed E-state index contributed by atoms with van der Waals surface area (Å²) in [4.78, 5) is 24.3. The van der Waals surface area contributed by atoms with E-state index in [4.69, 9.17) is 0 Å². The zero-order valence-corrected chi connectivity index (χ0v) is 15.3. The first-order valence-corrected chi connectivity index (χ1v) is 9.25. The zero-order chi connectivity index (χ0) is 18.5. The van der Waals surface area contributed by atoms with Crippen LogP contribution in [-0.4, -0.2) is 39.9 Å². The maximum Gasteiger partial charge on any atom is 0.273 e. The maximum absolute atomic E-state index is 12.5. The van der Waals surface area contributed by atoms with Gasteiger partial charge in [-0.15, -0.1) is 5.10 Å². The van der Waals surface area contributed by atoms with Crippen LogP contribution >= 0.6 is 0 Å². The molecule has 1 aromatic heterocycles.